The maximum Gasteiger partial charge on any atom is 0.135 e. The number of rotatable bonds is 1. The lowest BCUT2D eigenvalue weighted by molar-refractivity contribution is 0.332. The Kier molecular flexibility index (Phi) is 2.62. The molecule has 0 saturated carbocycles. The zero-order valence-electron chi connectivity index (χ0n) is 9.79. The van der Waals surface area contributed by atoms with Crippen LogP contribution in [-0.4, -0.2) is 18.5 Å². The number of furan rings is 1. The van der Waals surface area contributed by atoms with E-state index in [-0.39, 0.29) is 0 Å². The zero-order chi connectivity index (χ0) is 12.0. The highest BCUT2D eigenvalue weighted by atomic mass is 35.5. The van der Waals surface area contributed by atoms with E-state index in [9.17, 15) is 0 Å². The van der Waals surface area contributed by atoms with Gasteiger partial charge in [-0.15, -0.1) is 0 Å². The average Bonchev–Trinajstić information content (AvgIpc) is 2.56. The van der Waals surface area contributed by atoms with Crippen LogP contribution in [-0.2, 0) is 19.5 Å². The summed E-state index contributed by atoms with van der Waals surface area (Å²) in [5, 5.41) is 2.01. The highest BCUT2D eigenvalue weighted by Crippen LogP contribution is 2.35. The lowest BCUT2D eigenvalue weighted by Gasteiger charge is -2.13. The highest BCUT2D eigenvalue weighted by molar-refractivity contribution is 6.32. The molecule has 0 bridgehead atoms. The summed E-state index contributed by atoms with van der Waals surface area (Å²) in [4.78, 5) is 2.28. The van der Waals surface area contributed by atoms with Gasteiger partial charge in [-0.05, 0) is 31.2 Å². The van der Waals surface area contributed by atoms with Gasteiger partial charge in [-0.1, -0.05) is 11.6 Å². The van der Waals surface area contributed by atoms with Crippen LogP contribution in [0.15, 0.2) is 16.5 Å². The molecular formula is C13H15ClN2O. The van der Waals surface area contributed by atoms with E-state index in [1.807, 2.05) is 12.1 Å². The number of likely N-dealkylation sites (N-methyl/N-ethyl adjacent to an activating group) is 1. The second-order valence-electron chi connectivity index (χ2n) is 4.59. The minimum Gasteiger partial charge on any atom is -0.459 e. The molecule has 0 saturated heterocycles. The van der Waals surface area contributed by atoms with Gasteiger partial charge in [0.25, 0.3) is 0 Å². The molecule has 0 unspecified atom stereocenters. The van der Waals surface area contributed by atoms with Crippen molar-refractivity contribution in [2.24, 2.45) is 5.73 Å². The maximum atomic E-state index is 6.29. The first-order valence-electron chi connectivity index (χ1n) is 5.81. The van der Waals surface area contributed by atoms with Gasteiger partial charge in [0.2, 0.25) is 0 Å². The van der Waals surface area contributed by atoms with Crippen molar-refractivity contribution < 1.29 is 4.42 Å². The molecule has 17 heavy (non-hydrogen) atoms. The smallest absolute Gasteiger partial charge is 0.135 e. The number of nitrogens with zero attached hydrogens (tertiary/aromatic N) is 1. The Morgan fingerprint density at radius 3 is 3.00 bits per heavy atom. The summed E-state index contributed by atoms with van der Waals surface area (Å²) in [6.07, 6.45) is 0.962. The van der Waals surface area contributed by atoms with Crippen molar-refractivity contribution in [2.45, 2.75) is 19.5 Å². The van der Waals surface area contributed by atoms with E-state index in [1.165, 1.54) is 16.5 Å². The number of hydrogen-bond acceptors (Lipinski definition) is 3. The van der Waals surface area contributed by atoms with Crippen LogP contribution in [0.2, 0.25) is 5.02 Å². The standard InChI is InChI=1S/C13H15ClN2O/c1-16-5-4-8-10(14)2-3-11-13(8)9(7-16)12(6-15)17-11/h2-3H,4-7,15H2,1H3. The van der Waals surface area contributed by atoms with Gasteiger partial charge in [-0.2, -0.15) is 0 Å². The van der Waals surface area contributed by atoms with Crippen LogP contribution in [0.3, 0.4) is 0 Å². The van der Waals surface area contributed by atoms with E-state index in [4.69, 9.17) is 21.8 Å². The summed E-state index contributed by atoms with van der Waals surface area (Å²) >= 11 is 6.29. The first-order chi connectivity index (χ1) is 8.20. The minimum atomic E-state index is 0.439. The van der Waals surface area contributed by atoms with Crippen LogP contribution in [0.5, 0.6) is 0 Å². The molecule has 3 rings (SSSR count). The average molecular weight is 251 g/mol. The van der Waals surface area contributed by atoms with Crippen molar-refractivity contribution in [3.8, 4) is 0 Å². The molecule has 1 aliphatic rings. The summed E-state index contributed by atoms with van der Waals surface area (Å²) in [7, 11) is 2.11. The van der Waals surface area contributed by atoms with Crippen LogP contribution in [0.1, 0.15) is 16.9 Å². The molecule has 1 aromatic heterocycles. The normalized spacial score (nSPS) is 16.4. The van der Waals surface area contributed by atoms with E-state index in [2.05, 4.69) is 11.9 Å². The van der Waals surface area contributed by atoms with Crippen LogP contribution in [0, 0.1) is 0 Å². The van der Waals surface area contributed by atoms with Crippen molar-refractivity contribution >= 4 is 22.6 Å². The zero-order valence-corrected chi connectivity index (χ0v) is 10.5. The van der Waals surface area contributed by atoms with E-state index < -0.39 is 0 Å². The van der Waals surface area contributed by atoms with Gasteiger partial charge in [-0.25, -0.2) is 0 Å². The quantitative estimate of drug-likeness (QED) is 0.846. The van der Waals surface area contributed by atoms with Gasteiger partial charge in [0.05, 0.1) is 6.54 Å². The van der Waals surface area contributed by atoms with Crippen molar-refractivity contribution in [2.75, 3.05) is 13.6 Å². The van der Waals surface area contributed by atoms with Crippen molar-refractivity contribution in [3.63, 3.8) is 0 Å². The molecule has 3 nitrogen and oxygen atoms in total. The fourth-order valence-corrected chi connectivity index (χ4v) is 2.83. The number of benzene rings is 1. The third-order valence-corrected chi connectivity index (χ3v) is 3.80. The Labute approximate surface area is 105 Å². The Balaban J connectivity index is 2.35. The molecule has 4 heteroatoms. The monoisotopic (exact) mass is 250 g/mol. The van der Waals surface area contributed by atoms with Gasteiger partial charge >= 0.3 is 0 Å². The second kappa shape index (κ2) is 4.02. The number of hydrogen-bond donors (Lipinski definition) is 1. The largest absolute Gasteiger partial charge is 0.459 e. The number of halogens is 1. The Bertz CT molecular complexity index is 576. The fraction of sp³-hybridized carbons (Fsp3) is 0.385. The third-order valence-electron chi connectivity index (χ3n) is 3.45. The molecule has 2 heterocycles. The Morgan fingerprint density at radius 2 is 2.24 bits per heavy atom. The van der Waals surface area contributed by atoms with Gasteiger partial charge in [0.15, 0.2) is 0 Å². The van der Waals surface area contributed by atoms with Gasteiger partial charge in [0.1, 0.15) is 11.3 Å². The Morgan fingerprint density at radius 1 is 1.41 bits per heavy atom. The predicted molar refractivity (Wildman–Crippen MR) is 69.2 cm³/mol. The van der Waals surface area contributed by atoms with Gasteiger partial charge < -0.3 is 15.1 Å². The van der Waals surface area contributed by atoms with Gasteiger partial charge in [0, 0.05) is 29.1 Å². The lowest BCUT2D eigenvalue weighted by atomic mass is 10.0. The molecule has 0 aliphatic carbocycles. The van der Waals surface area contributed by atoms with E-state index in [0.717, 1.165) is 35.9 Å². The lowest BCUT2D eigenvalue weighted by Crippen LogP contribution is -2.19. The molecule has 1 aromatic carbocycles. The van der Waals surface area contributed by atoms with Crippen molar-refractivity contribution in [3.05, 3.63) is 34.0 Å². The first kappa shape index (κ1) is 11.1. The SMILES string of the molecule is CN1CCc2c(Cl)ccc3oc(CN)c(c23)C1. The maximum absolute atomic E-state index is 6.29. The summed E-state index contributed by atoms with van der Waals surface area (Å²) in [5.74, 6) is 0.886. The topological polar surface area (TPSA) is 42.4 Å². The van der Waals surface area contributed by atoms with E-state index in [1.54, 1.807) is 0 Å². The third kappa shape index (κ3) is 1.66. The van der Waals surface area contributed by atoms with Crippen LogP contribution >= 0.6 is 11.6 Å². The molecule has 0 spiro atoms. The second-order valence-corrected chi connectivity index (χ2v) is 5.00. The molecule has 0 radical (unpaired) electrons. The molecular weight excluding hydrogens is 236 g/mol. The molecule has 90 valence electrons. The van der Waals surface area contributed by atoms with Crippen LogP contribution in [0.25, 0.3) is 11.0 Å². The predicted octanol–water partition coefficient (Wildman–Crippen LogP) is 2.53. The highest BCUT2D eigenvalue weighted by Gasteiger charge is 2.22. The fourth-order valence-electron chi connectivity index (χ4n) is 2.58. The summed E-state index contributed by atoms with van der Waals surface area (Å²) in [6.45, 7) is 2.33. The van der Waals surface area contributed by atoms with Crippen LogP contribution in [0.4, 0.5) is 0 Å². The van der Waals surface area contributed by atoms with E-state index >= 15 is 0 Å². The molecule has 1 aliphatic heterocycles. The molecule has 2 N–H and O–H groups in total. The number of nitrogens with two attached hydrogens (primary N) is 1. The minimum absolute atomic E-state index is 0.439. The molecule has 2 aromatic rings. The van der Waals surface area contributed by atoms with Crippen molar-refractivity contribution in [1.82, 2.24) is 4.90 Å². The first-order valence-corrected chi connectivity index (χ1v) is 6.18. The molecule has 0 fully saturated rings. The van der Waals surface area contributed by atoms with E-state index in [0.29, 0.717) is 6.54 Å². The summed E-state index contributed by atoms with van der Waals surface area (Å²) in [5.41, 5.74) is 9.07. The summed E-state index contributed by atoms with van der Waals surface area (Å²) in [6, 6.07) is 3.85. The van der Waals surface area contributed by atoms with Gasteiger partial charge in [-0.3, -0.25) is 0 Å². The molecule has 0 atom stereocenters. The Hall–Kier alpha value is -1.03. The van der Waals surface area contributed by atoms with Crippen molar-refractivity contribution in [1.29, 1.82) is 0 Å². The summed E-state index contributed by atoms with van der Waals surface area (Å²) < 4.78 is 5.81. The molecule has 0 amide bonds. The van der Waals surface area contributed by atoms with Crippen LogP contribution < -0.4 is 5.73 Å².